The number of benzene rings is 2. The predicted octanol–water partition coefficient (Wildman–Crippen LogP) is 4.81. The van der Waals surface area contributed by atoms with Crippen LogP contribution in [0.5, 0.6) is 5.75 Å². The molecule has 0 saturated carbocycles. The zero-order valence-electron chi connectivity index (χ0n) is 14.5. The minimum Gasteiger partial charge on any atom is -0.490 e. The van der Waals surface area contributed by atoms with Gasteiger partial charge in [0.05, 0.1) is 6.61 Å². The first-order valence-corrected chi connectivity index (χ1v) is 9.41. The Labute approximate surface area is 155 Å². The highest BCUT2D eigenvalue weighted by atomic mass is 32.2. The molecule has 0 saturated heterocycles. The largest absolute Gasteiger partial charge is 0.490 e. The van der Waals surface area contributed by atoms with Crippen molar-refractivity contribution in [2.45, 2.75) is 11.8 Å². The second-order valence-corrected chi connectivity index (χ2v) is 6.41. The van der Waals surface area contributed by atoms with Gasteiger partial charge in [-0.25, -0.2) is 4.79 Å². The lowest BCUT2D eigenvalue weighted by Crippen LogP contribution is -2.12. The summed E-state index contributed by atoms with van der Waals surface area (Å²) < 4.78 is 10.8. The van der Waals surface area contributed by atoms with Gasteiger partial charge >= 0.3 is 5.63 Å². The Hall–Kier alpha value is -2.79. The Morgan fingerprint density at radius 1 is 1.19 bits per heavy atom. The van der Waals surface area contributed by atoms with Crippen molar-refractivity contribution in [1.29, 1.82) is 0 Å². The van der Waals surface area contributed by atoms with Crippen molar-refractivity contribution < 1.29 is 13.9 Å². The molecule has 0 fully saturated rings. The molecule has 3 rings (SSSR count). The molecule has 1 heterocycles. The molecule has 3 aromatic rings. The van der Waals surface area contributed by atoms with E-state index in [2.05, 4.69) is 0 Å². The molecular formula is C21H18O4S. The molecule has 0 spiro atoms. The lowest BCUT2D eigenvalue weighted by Gasteiger charge is -2.06. The number of carbonyl (C=O) groups is 1. The van der Waals surface area contributed by atoms with Crippen LogP contribution in [0.2, 0.25) is 0 Å². The number of carbonyl (C=O) groups excluding carboxylic acids is 1. The number of ether oxygens (including phenoxy) is 1. The van der Waals surface area contributed by atoms with Gasteiger partial charge in [0.25, 0.3) is 0 Å². The fourth-order valence-electron chi connectivity index (χ4n) is 2.54. The average molecular weight is 366 g/mol. The molecule has 26 heavy (non-hydrogen) atoms. The molecule has 0 radical (unpaired) electrons. The average Bonchev–Trinajstić information content (AvgIpc) is 2.67. The van der Waals surface area contributed by atoms with Gasteiger partial charge in [0.2, 0.25) is 0 Å². The molecule has 0 amide bonds. The third-order valence-corrected chi connectivity index (χ3v) is 4.58. The van der Waals surface area contributed by atoms with Crippen LogP contribution in [0.25, 0.3) is 17.0 Å². The SMILES string of the molecule is CCOc1cccc2cc(C(=O)C=Cc3ccc(SC)cc3)c(=O)oc12. The molecule has 0 N–H and O–H groups in total. The van der Waals surface area contributed by atoms with E-state index in [1.54, 1.807) is 42.1 Å². The number of ketones is 1. The lowest BCUT2D eigenvalue weighted by atomic mass is 10.1. The van der Waals surface area contributed by atoms with E-state index in [0.717, 1.165) is 10.5 Å². The first-order chi connectivity index (χ1) is 12.6. The van der Waals surface area contributed by atoms with Crippen molar-refractivity contribution in [2.75, 3.05) is 12.9 Å². The van der Waals surface area contributed by atoms with E-state index in [0.29, 0.717) is 23.3 Å². The van der Waals surface area contributed by atoms with Crippen molar-refractivity contribution in [1.82, 2.24) is 0 Å². The summed E-state index contributed by atoms with van der Waals surface area (Å²) in [5, 5.41) is 0.650. The van der Waals surface area contributed by atoms with Crippen molar-refractivity contribution in [3.63, 3.8) is 0 Å². The van der Waals surface area contributed by atoms with Gasteiger partial charge in [-0.05, 0) is 49.1 Å². The number of hydrogen-bond acceptors (Lipinski definition) is 5. The smallest absolute Gasteiger partial charge is 0.347 e. The number of allylic oxidation sites excluding steroid dienone is 1. The predicted molar refractivity (Wildman–Crippen MR) is 105 cm³/mol. The minimum absolute atomic E-state index is 0.00290. The Kier molecular flexibility index (Phi) is 5.58. The van der Waals surface area contributed by atoms with Crippen LogP contribution < -0.4 is 10.4 Å². The zero-order chi connectivity index (χ0) is 18.5. The van der Waals surface area contributed by atoms with Gasteiger partial charge < -0.3 is 9.15 Å². The number of thioether (sulfide) groups is 1. The van der Waals surface area contributed by atoms with Gasteiger partial charge in [-0.2, -0.15) is 0 Å². The third kappa shape index (κ3) is 3.89. The van der Waals surface area contributed by atoms with Gasteiger partial charge in [0, 0.05) is 10.3 Å². The topological polar surface area (TPSA) is 56.5 Å². The first-order valence-electron chi connectivity index (χ1n) is 8.18. The van der Waals surface area contributed by atoms with Crippen LogP contribution >= 0.6 is 11.8 Å². The summed E-state index contributed by atoms with van der Waals surface area (Å²) >= 11 is 1.65. The van der Waals surface area contributed by atoms with E-state index in [9.17, 15) is 9.59 Å². The maximum absolute atomic E-state index is 12.4. The van der Waals surface area contributed by atoms with Gasteiger partial charge in [-0.3, -0.25) is 4.79 Å². The maximum atomic E-state index is 12.4. The third-order valence-electron chi connectivity index (χ3n) is 3.83. The molecule has 0 aliphatic carbocycles. The summed E-state index contributed by atoms with van der Waals surface area (Å²) in [5.41, 5.74) is 0.577. The zero-order valence-corrected chi connectivity index (χ0v) is 15.3. The highest BCUT2D eigenvalue weighted by Gasteiger charge is 2.13. The molecular weight excluding hydrogens is 348 g/mol. The second-order valence-electron chi connectivity index (χ2n) is 5.53. The molecule has 5 heteroatoms. The van der Waals surface area contributed by atoms with E-state index in [-0.39, 0.29) is 5.56 Å². The van der Waals surface area contributed by atoms with E-state index >= 15 is 0 Å². The summed E-state index contributed by atoms with van der Waals surface area (Å²) in [7, 11) is 0. The monoisotopic (exact) mass is 366 g/mol. The van der Waals surface area contributed by atoms with E-state index < -0.39 is 11.4 Å². The summed E-state index contributed by atoms with van der Waals surface area (Å²) in [5.74, 6) is 0.0990. The number of rotatable bonds is 6. The van der Waals surface area contributed by atoms with Crippen LogP contribution in [0.3, 0.4) is 0 Å². The maximum Gasteiger partial charge on any atom is 0.347 e. The summed E-state index contributed by atoms with van der Waals surface area (Å²) in [4.78, 5) is 25.8. The minimum atomic E-state index is -0.669. The molecule has 4 nitrogen and oxygen atoms in total. The molecule has 1 aromatic heterocycles. The fourth-order valence-corrected chi connectivity index (χ4v) is 2.94. The van der Waals surface area contributed by atoms with Crippen LogP contribution in [0, 0.1) is 0 Å². The normalized spacial score (nSPS) is 11.2. The Morgan fingerprint density at radius 3 is 2.65 bits per heavy atom. The van der Waals surface area contributed by atoms with Crippen LogP contribution in [0.15, 0.2) is 68.7 Å². The number of fused-ring (bicyclic) bond motifs is 1. The van der Waals surface area contributed by atoms with Crippen LogP contribution in [-0.4, -0.2) is 18.6 Å². The Bertz CT molecular complexity index is 1020. The van der Waals surface area contributed by atoms with Gasteiger partial charge in [-0.1, -0.05) is 30.3 Å². The van der Waals surface area contributed by atoms with Gasteiger partial charge in [-0.15, -0.1) is 11.8 Å². The van der Waals surface area contributed by atoms with Crippen LogP contribution in [0.4, 0.5) is 0 Å². The second kappa shape index (κ2) is 8.06. The molecule has 2 aromatic carbocycles. The van der Waals surface area contributed by atoms with E-state index in [4.69, 9.17) is 9.15 Å². The first kappa shape index (κ1) is 18.0. The highest BCUT2D eigenvalue weighted by molar-refractivity contribution is 7.98. The molecule has 0 unspecified atom stereocenters. The van der Waals surface area contributed by atoms with Crippen molar-refractivity contribution in [3.8, 4) is 5.75 Å². The quantitative estimate of drug-likeness (QED) is 0.271. The standard InChI is InChI=1S/C21H18O4S/c1-3-24-19-6-4-5-15-13-17(21(23)25-20(15)19)18(22)12-9-14-7-10-16(26-2)11-8-14/h4-13H,3H2,1-2H3. The highest BCUT2D eigenvalue weighted by Crippen LogP contribution is 2.25. The van der Waals surface area contributed by atoms with E-state index in [1.165, 1.54) is 6.08 Å². The molecule has 0 aliphatic rings. The molecule has 0 bridgehead atoms. The van der Waals surface area contributed by atoms with Crippen LogP contribution in [-0.2, 0) is 0 Å². The summed E-state index contributed by atoms with van der Waals surface area (Å²) in [6.45, 7) is 2.31. The Balaban J connectivity index is 1.91. The van der Waals surface area contributed by atoms with Crippen molar-refractivity contribution >= 4 is 34.6 Å². The van der Waals surface area contributed by atoms with Crippen molar-refractivity contribution in [3.05, 3.63) is 76.2 Å². The number of para-hydroxylation sites is 1. The number of hydrogen-bond donors (Lipinski definition) is 0. The summed E-state index contributed by atoms with van der Waals surface area (Å²) in [6.07, 6.45) is 5.08. The van der Waals surface area contributed by atoms with Gasteiger partial charge in [0.15, 0.2) is 17.1 Å². The lowest BCUT2D eigenvalue weighted by molar-refractivity contribution is 0.104. The fraction of sp³-hybridized carbons (Fsp3) is 0.143. The van der Waals surface area contributed by atoms with Crippen LogP contribution in [0.1, 0.15) is 22.8 Å². The van der Waals surface area contributed by atoms with Crippen molar-refractivity contribution in [2.24, 2.45) is 0 Å². The Morgan fingerprint density at radius 2 is 1.96 bits per heavy atom. The van der Waals surface area contributed by atoms with E-state index in [1.807, 2.05) is 37.4 Å². The molecule has 0 atom stereocenters. The molecule has 132 valence electrons. The van der Waals surface area contributed by atoms with Gasteiger partial charge in [0.1, 0.15) is 5.56 Å². The summed E-state index contributed by atoms with van der Waals surface area (Å²) in [6, 6.07) is 14.7. The molecule has 0 aliphatic heterocycles.